The number of hydrogen-bond donors (Lipinski definition) is 1. The molecule has 1 N–H and O–H groups in total. The van der Waals surface area contributed by atoms with E-state index >= 15 is 0 Å². The first-order valence-corrected chi connectivity index (χ1v) is 4.03. The molecule has 0 saturated carbocycles. The van der Waals surface area contributed by atoms with Crippen LogP contribution in [0, 0.1) is 5.41 Å². The molecule has 0 aromatic heterocycles. The molecule has 4 heteroatoms. The second kappa shape index (κ2) is 3.20. The number of hydrogen-bond acceptors (Lipinski definition) is 4. The summed E-state index contributed by atoms with van der Waals surface area (Å²) in [6.07, 6.45) is 1.68. The van der Waals surface area contributed by atoms with Crippen molar-refractivity contribution >= 4 is 11.8 Å². The van der Waals surface area contributed by atoms with Gasteiger partial charge in [-0.15, -0.1) is 0 Å². The van der Waals surface area contributed by atoms with Crippen molar-refractivity contribution in [1.29, 1.82) is 0 Å². The predicted molar refractivity (Wildman–Crippen MR) is 45.1 cm³/mol. The van der Waals surface area contributed by atoms with Crippen LogP contribution >= 0.6 is 0 Å². The van der Waals surface area contributed by atoms with Crippen molar-refractivity contribution in [2.24, 2.45) is 5.41 Å². The second-order valence-electron chi connectivity index (χ2n) is 3.32. The number of aliphatic hydroxyl groups is 1. The SMILES string of the molecule is COC(=O)C1(C)CCC(=O)C=C1O. The summed E-state index contributed by atoms with van der Waals surface area (Å²) in [6.45, 7) is 1.57. The molecule has 1 aliphatic rings. The normalized spacial score (nSPS) is 28.2. The van der Waals surface area contributed by atoms with Gasteiger partial charge < -0.3 is 9.84 Å². The Bertz CT molecular complexity index is 279. The third-order valence-corrected chi connectivity index (χ3v) is 2.37. The van der Waals surface area contributed by atoms with E-state index in [1.54, 1.807) is 6.92 Å². The van der Waals surface area contributed by atoms with Crippen LogP contribution in [0.2, 0.25) is 0 Å². The van der Waals surface area contributed by atoms with Crippen LogP contribution < -0.4 is 0 Å². The first-order chi connectivity index (χ1) is 6.00. The van der Waals surface area contributed by atoms with E-state index in [4.69, 9.17) is 0 Å². The van der Waals surface area contributed by atoms with E-state index in [1.165, 1.54) is 7.11 Å². The molecule has 0 aliphatic heterocycles. The molecule has 0 spiro atoms. The zero-order chi connectivity index (χ0) is 10.1. The minimum Gasteiger partial charge on any atom is -0.511 e. The van der Waals surface area contributed by atoms with Crippen molar-refractivity contribution in [3.8, 4) is 0 Å². The molecular formula is C9H12O4. The standard InChI is InChI=1S/C9H12O4/c1-9(8(12)13-2)4-3-6(10)5-7(9)11/h5,11H,3-4H2,1-2H3. The Hall–Kier alpha value is -1.32. The Balaban J connectivity index is 2.98. The van der Waals surface area contributed by atoms with Crippen molar-refractivity contribution in [2.45, 2.75) is 19.8 Å². The van der Waals surface area contributed by atoms with Crippen molar-refractivity contribution in [3.05, 3.63) is 11.8 Å². The number of aliphatic hydroxyl groups excluding tert-OH is 1. The molecular weight excluding hydrogens is 172 g/mol. The number of rotatable bonds is 1. The molecule has 0 heterocycles. The summed E-state index contributed by atoms with van der Waals surface area (Å²) < 4.78 is 4.55. The first-order valence-electron chi connectivity index (χ1n) is 4.03. The van der Waals surface area contributed by atoms with Crippen LogP contribution in [0.25, 0.3) is 0 Å². The Labute approximate surface area is 76.2 Å². The number of esters is 1. The van der Waals surface area contributed by atoms with Gasteiger partial charge in [0, 0.05) is 12.5 Å². The summed E-state index contributed by atoms with van der Waals surface area (Å²) in [5.41, 5.74) is -1.04. The van der Waals surface area contributed by atoms with E-state index < -0.39 is 11.4 Å². The lowest BCUT2D eigenvalue weighted by Gasteiger charge is -2.28. The number of methoxy groups -OCH3 is 1. The minimum atomic E-state index is -1.04. The Morgan fingerprint density at radius 3 is 2.77 bits per heavy atom. The molecule has 13 heavy (non-hydrogen) atoms. The van der Waals surface area contributed by atoms with Crippen LogP contribution in [-0.4, -0.2) is 24.0 Å². The lowest BCUT2D eigenvalue weighted by molar-refractivity contribution is -0.152. The zero-order valence-corrected chi connectivity index (χ0v) is 7.66. The van der Waals surface area contributed by atoms with Crippen LogP contribution in [0.5, 0.6) is 0 Å². The van der Waals surface area contributed by atoms with Gasteiger partial charge in [0.2, 0.25) is 0 Å². The first kappa shape index (κ1) is 9.77. The quantitative estimate of drug-likeness (QED) is 0.617. The lowest BCUT2D eigenvalue weighted by atomic mass is 9.78. The summed E-state index contributed by atoms with van der Waals surface area (Å²) in [4.78, 5) is 22.2. The van der Waals surface area contributed by atoms with Gasteiger partial charge in [-0.25, -0.2) is 0 Å². The van der Waals surface area contributed by atoms with E-state index in [2.05, 4.69) is 4.74 Å². The summed E-state index contributed by atoms with van der Waals surface area (Å²) >= 11 is 0. The number of carbonyl (C=O) groups is 2. The summed E-state index contributed by atoms with van der Waals surface area (Å²) in [5, 5.41) is 9.44. The van der Waals surface area contributed by atoms with Crippen molar-refractivity contribution in [2.75, 3.05) is 7.11 Å². The third kappa shape index (κ3) is 1.56. The third-order valence-electron chi connectivity index (χ3n) is 2.37. The fourth-order valence-electron chi connectivity index (χ4n) is 1.32. The van der Waals surface area contributed by atoms with Gasteiger partial charge >= 0.3 is 5.97 Å². The highest BCUT2D eigenvalue weighted by atomic mass is 16.5. The molecule has 72 valence electrons. The number of ketones is 1. The van der Waals surface area contributed by atoms with Crippen molar-refractivity contribution < 1.29 is 19.4 Å². The highest BCUT2D eigenvalue weighted by Gasteiger charge is 2.41. The lowest BCUT2D eigenvalue weighted by Crippen LogP contribution is -2.34. The maximum absolute atomic E-state index is 11.3. The monoisotopic (exact) mass is 184 g/mol. The Kier molecular flexibility index (Phi) is 2.40. The number of ether oxygens (including phenoxy) is 1. The number of allylic oxidation sites excluding steroid dienone is 1. The molecule has 1 aliphatic carbocycles. The van der Waals surface area contributed by atoms with Gasteiger partial charge in [-0.2, -0.15) is 0 Å². The summed E-state index contributed by atoms with van der Waals surface area (Å²) in [6, 6.07) is 0. The zero-order valence-electron chi connectivity index (χ0n) is 7.66. The maximum Gasteiger partial charge on any atom is 0.319 e. The average molecular weight is 184 g/mol. The molecule has 1 rings (SSSR count). The largest absolute Gasteiger partial charge is 0.511 e. The van der Waals surface area contributed by atoms with E-state index in [0.29, 0.717) is 6.42 Å². The van der Waals surface area contributed by atoms with Crippen LogP contribution in [-0.2, 0) is 14.3 Å². The highest BCUT2D eigenvalue weighted by Crippen LogP contribution is 2.35. The molecule has 0 saturated heterocycles. The molecule has 0 aromatic rings. The van der Waals surface area contributed by atoms with Gasteiger partial charge in [0.15, 0.2) is 5.78 Å². The Morgan fingerprint density at radius 1 is 1.69 bits per heavy atom. The fraction of sp³-hybridized carbons (Fsp3) is 0.556. The molecule has 0 amide bonds. The van der Waals surface area contributed by atoms with Crippen LogP contribution in [0.15, 0.2) is 11.8 Å². The van der Waals surface area contributed by atoms with Gasteiger partial charge in [0.25, 0.3) is 0 Å². The fourth-order valence-corrected chi connectivity index (χ4v) is 1.32. The van der Waals surface area contributed by atoms with Gasteiger partial charge in [-0.3, -0.25) is 9.59 Å². The van der Waals surface area contributed by atoms with Gasteiger partial charge in [-0.05, 0) is 13.3 Å². The van der Waals surface area contributed by atoms with E-state index in [0.717, 1.165) is 6.08 Å². The maximum atomic E-state index is 11.3. The van der Waals surface area contributed by atoms with Crippen molar-refractivity contribution in [1.82, 2.24) is 0 Å². The smallest absolute Gasteiger partial charge is 0.319 e. The topological polar surface area (TPSA) is 63.6 Å². The molecule has 4 nitrogen and oxygen atoms in total. The summed E-state index contributed by atoms with van der Waals surface area (Å²) in [7, 11) is 1.26. The van der Waals surface area contributed by atoms with E-state index in [9.17, 15) is 14.7 Å². The molecule has 0 aromatic carbocycles. The average Bonchev–Trinajstić information content (AvgIpc) is 2.11. The van der Waals surface area contributed by atoms with Gasteiger partial charge in [0.1, 0.15) is 11.2 Å². The Morgan fingerprint density at radius 2 is 2.31 bits per heavy atom. The predicted octanol–water partition coefficient (Wildman–Crippen LogP) is 0.970. The highest BCUT2D eigenvalue weighted by molar-refractivity contribution is 5.94. The van der Waals surface area contributed by atoms with Crippen LogP contribution in [0.1, 0.15) is 19.8 Å². The van der Waals surface area contributed by atoms with Crippen molar-refractivity contribution in [3.63, 3.8) is 0 Å². The number of carbonyl (C=O) groups excluding carboxylic acids is 2. The summed E-state index contributed by atoms with van der Waals surface area (Å²) in [5.74, 6) is -0.858. The molecule has 0 radical (unpaired) electrons. The molecule has 1 atom stereocenters. The second-order valence-corrected chi connectivity index (χ2v) is 3.32. The van der Waals surface area contributed by atoms with Crippen LogP contribution in [0.3, 0.4) is 0 Å². The molecule has 0 bridgehead atoms. The van der Waals surface area contributed by atoms with Gasteiger partial charge in [-0.1, -0.05) is 0 Å². The van der Waals surface area contributed by atoms with Gasteiger partial charge in [0.05, 0.1) is 7.11 Å². The molecule has 0 fully saturated rings. The van der Waals surface area contributed by atoms with Crippen LogP contribution in [0.4, 0.5) is 0 Å². The van der Waals surface area contributed by atoms with E-state index in [-0.39, 0.29) is 18.0 Å². The van der Waals surface area contributed by atoms with E-state index in [1.807, 2.05) is 0 Å². The molecule has 1 unspecified atom stereocenters. The minimum absolute atomic E-state index is 0.154.